The van der Waals surface area contributed by atoms with E-state index in [1.807, 2.05) is 24.3 Å². The van der Waals surface area contributed by atoms with Crippen molar-refractivity contribution in [2.75, 3.05) is 27.3 Å². The highest BCUT2D eigenvalue weighted by molar-refractivity contribution is 5.76. The van der Waals surface area contributed by atoms with Crippen LogP contribution in [0.2, 0.25) is 0 Å². The number of para-hydroxylation sites is 1. The molecular formula is C19H28N2O4. The summed E-state index contributed by atoms with van der Waals surface area (Å²) in [4.78, 5) is 25.4. The van der Waals surface area contributed by atoms with Crippen LogP contribution in [0.25, 0.3) is 0 Å². The molecule has 25 heavy (non-hydrogen) atoms. The lowest BCUT2D eigenvalue weighted by molar-refractivity contribution is -0.122. The molecule has 0 saturated carbocycles. The van der Waals surface area contributed by atoms with Gasteiger partial charge in [-0.1, -0.05) is 25.1 Å². The van der Waals surface area contributed by atoms with Gasteiger partial charge in [0.05, 0.1) is 14.2 Å². The number of piperidine rings is 1. The summed E-state index contributed by atoms with van der Waals surface area (Å²) >= 11 is 0. The third-order valence-corrected chi connectivity index (χ3v) is 4.59. The minimum atomic E-state index is -0.296. The molecule has 1 N–H and O–H groups in total. The Balaban J connectivity index is 1.76. The lowest BCUT2D eigenvalue weighted by atomic mass is 9.96. The lowest BCUT2D eigenvalue weighted by Gasteiger charge is -2.31. The van der Waals surface area contributed by atoms with Crippen molar-refractivity contribution in [1.82, 2.24) is 10.2 Å². The van der Waals surface area contributed by atoms with E-state index in [2.05, 4.69) is 12.2 Å². The van der Waals surface area contributed by atoms with Crippen molar-refractivity contribution in [3.63, 3.8) is 0 Å². The Labute approximate surface area is 149 Å². The summed E-state index contributed by atoms with van der Waals surface area (Å²) in [6.07, 6.45) is 2.52. The maximum absolute atomic E-state index is 12.3. The first-order valence-corrected chi connectivity index (χ1v) is 8.77. The van der Waals surface area contributed by atoms with Gasteiger partial charge < -0.3 is 19.7 Å². The number of nitrogens with zero attached hydrogens (tertiary/aromatic N) is 1. The summed E-state index contributed by atoms with van der Waals surface area (Å²) in [5.41, 5.74) is 1.12. The summed E-state index contributed by atoms with van der Waals surface area (Å²) in [6, 6.07) is 8.04. The number of hydrogen-bond acceptors (Lipinski definition) is 4. The average Bonchev–Trinajstić information content (AvgIpc) is 2.62. The highest BCUT2D eigenvalue weighted by Crippen LogP contribution is 2.22. The topological polar surface area (TPSA) is 67.9 Å². The molecule has 1 aromatic carbocycles. The first-order valence-electron chi connectivity index (χ1n) is 8.77. The SMILES string of the molecule is COC(=O)N1CCC(NC(=O)CC(C)Cc2ccccc2OC)CC1. The second kappa shape index (κ2) is 9.30. The largest absolute Gasteiger partial charge is 0.496 e. The standard InChI is InChI=1S/C19H28N2O4/c1-14(12-15-6-4-5-7-17(15)24-2)13-18(22)20-16-8-10-21(11-9-16)19(23)25-3/h4-7,14,16H,8-13H2,1-3H3,(H,20,22). The van der Waals surface area contributed by atoms with Crippen molar-refractivity contribution in [3.05, 3.63) is 29.8 Å². The van der Waals surface area contributed by atoms with Gasteiger partial charge in [0.15, 0.2) is 0 Å². The number of methoxy groups -OCH3 is 2. The Morgan fingerprint density at radius 1 is 1.24 bits per heavy atom. The summed E-state index contributed by atoms with van der Waals surface area (Å²) in [7, 11) is 3.05. The first-order chi connectivity index (χ1) is 12.0. The van der Waals surface area contributed by atoms with Crippen LogP contribution in [0.4, 0.5) is 4.79 Å². The molecule has 1 heterocycles. The molecule has 138 valence electrons. The van der Waals surface area contributed by atoms with Gasteiger partial charge in [0.25, 0.3) is 0 Å². The number of carbonyl (C=O) groups excluding carboxylic acids is 2. The van der Waals surface area contributed by atoms with Crippen LogP contribution in [0.15, 0.2) is 24.3 Å². The number of benzene rings is 1. The Morgan fingerprint density at radius 2 is 1.92 bits per heavy atom. The van der Waals surface area contributed by atoms with E-state index in [1.54, 1.807) is 12.0 Å². The van der Waals surface area contributed by atoms with Gasteiger partial charge in [-0.25, -0.2) is 4.79 Å². The number of nitrogens with one attached hydrogen (secondary N) is 1. The zero-order chi connectivity index (χ0) is 18.2. The van der Waals surface area contributed by atoms with Gasteiger partial charge in [0, 0.05) is 25.6 Å². The van der Waals surface area contributed by atoms with Crippen LogP contribution in [0, 0.1) is 5.92 Å². The van der Waals surface area contributed by atoms with Gasteiger partial charge in [-0.15, -0.1) is 0 Å². The van der Waals surface area contributed by atoms with E-state index in [1.165, 1.54) is 7.11 Å². The highest BCUT2D eigenvalue weighted by atomic mass is 16.5. The predicted molar refractivity (Wildman–Crippen MR) is 95.6 cm³/mol. The van der Waals surface area contributed by atoms with Crippen LogP contribution in [0.3, 0.4) is 0 Å². The average molecular weight is 348 g/mol. The fourth-order valence-electron chi connectivity index (χ4n) is 3.26. The molecule has 1 unspecified atom stereocenters. The normalized spacial score (nSPS) is 16.2. The summed E-state index contributed by atoms with van der Waals surface area (Å²) < 4.78 is 10.1. The zero-order valence-electron chi connectivity index (χ0n) is 15.3. The smallest absolute Gasteiger partial charge is 0.409 e. The van der Waals surface area contributed by atoms with E-state index in [4.69, 9.17) is 9.47 Å². The Morgan fingerprint density at radius 3 is 2.56 bits per heavy atom. The Bertz CT molecular complexity index is 583. The molecule has 6 nitrogen and oxygen atoms in total. The number of amides is 2. The van der Waals surface area contributed by atoms with Crippen molar-refractivity contribution in [3.8, 4) is 5.75 Å². The minimum Gasteiger partial charge on any atom is -0.496 e. The third-order valence-electron chi connectivity index (χ3n) is 4.59. The Hall–Kier alpha value is -2.24. The fourth-order valence-corrected chi connectivity index (χ4v) is 3.26. The van der Waals surface area contributed by atoms with Crippen LogP contribution in [-0.4, -0.2) is 50.3 Å². The molecule has 1 saturated heterocycles. The number of carbonyl (C=O) groups is 2. The third kappa shape index (κ3) is 5.66. The molecule has 2 rings (SSSR count). The van der Waals surface area contributed by atoms with Crippen molar-refractivity contribution >= 4 is 12.0 Å². The minimum absolute atomic E-state index is 0.0684. The van der Waals surface area contributed by atoms with Crippen LogP contribution in [-0.2, 0) is 16.0 Å². The molecule has 1 aliphatic heterocycles. The van der Waals surface area contributed by atoms with Gasteiger partial charge in [-0.2, -0.15) is 0 Å². The molecule has 2 amide bonds. The molecule has 0 spiro atoms. The van der Waals surface area contributed by atoms with Crippen molar-refractivity contribution in [2.45, 2.75) is 38.6 Å². The molecule has 6 heteroatoms. The number of ether oxygens (including phenoxy) is 2. The molecular weight excluding hydrogens is 320 g/mol. The van der Waals surface area contributed by atoms with E-state index in [9.17, 15) is 9.59 Å². The summed E-state index contributed by atoms with van der Waals surface area (Å²) in [6.45, 7) is 3.31. The molecule has 1 atom stereocenters. The molecule has 0 bridgehead atoms. The second-order valence-corrected chi connectivity index (χ2v) is 6.62. The monoisotopic (exact) mass is 348 g/mol. The van der Waals surface area contributed by atoms with Crippen LogP contribution >= 0.6 is 0 Å². The van der Waals surface area contributed by atoms with Gasteiger partial charge >= 0.3 is 6.09 Å². The highest BCUT2D eigenvalue weighted by Gasteiger charge is 2.24. The number of likely N-dealkylation sites (tertiary alicyclic amines) is 1. The van der Waals surface area contributed by atoms with E-state index in [0.29, 0.717) is 19.5 Å². The summed E-state index contributed by atoms with van der Waals surface area (Å²) in [5.74, 6) is 1.16. The molecule has 1 fully saturated rings. The van der Waals surface area contributed by atoms with Gasteiger partial charge in [0.1, 0.15) is 5.75 Å². The number of hydrogen-bond donors (Lipinski definition) is 1. The van der Waals surface area contributed by atoms with E-state index in [0.717, 1.165) is 30.6 Å². The summed E-state index contributed by atoms with van der Waals surface area (Å²) in [5, 5.41) is 3.09. The van der Waals surface area contributed by atoms with Crippen molar-refractivity contribution < 1.29 is 19.1 Å². The van der Waals surface area contributed by atoms with Crippen LogP contribution < -0.4 is 10.1 Å². The van der Waals surface area contributed by atoms with E-state index < -0.39 is 0 Å². The fraction of sp³-hybridized carbons (Fsp3) is 0.579. The van der Waals surface area contributed by atoms with Crippen molar-refractivity contribution in [1.29, 1.82) is 0 Å². The molecule has 0 aliphatic carbocycles. The Kier molecular flexibility index (Phi) is 7.10. The maximum atomic E-state index is 12.3. The number of rotatable bonds is 6. The van der Waals surface area contributed by atoms with E-state index >= 15 is 0 Å². The zero-order valence-corrected chi connectivity index (χ0v) is 15.3. The maximum Gasteiger partial charge on any atom is 0.409 e. The van der Waals surface area contributed by atoms with Gasteiger partial charge in [0.2, 0.25) is 5.91 Å². The lowest BCUT2D eigenvalue weighted by Crippen LogP contribution is -2.46. The molecule has 0 aromatic heterocycles. The van der Waals surface area contributed by atoms with Crippen molar-refractivity contribution in [2.24, 2.45) is 5.92 Å². The van der Waals surface area contributed by atoms with Gasteiger partial charge in [-0.05, 0) is 36.8 Å². The molecule has 0 radical (unpaired) electrons. The van der Waals surface area contributed by atoms with Crippen LogP contribution in [0.1, 0.15) is 31.7 Å². The molecule has 1 aromatic rings. The molecule has 1 aliphatic rings. The second-order valence-electron chi connectivity index (χ2n) is 6.62. The quantitative estimate of drug-likeness (QED) is 0.858. The first kappa shape index (κ1) is 19.1. The van der Waals surface area contributed by atoms with Gasteiger partial charge in [-0.3, -0.25) is 4.79 Å². The van der Waals surface area contributed by atoms with Crippen LogP contribution in [0.5, 0.6) is 5.75 Å². The van der Waals surface area contributed by atoms with E-state index in [-0.39, 0.29) is 24.0 Å². The predicted octanol–water partition coefficient (Wildman–Crippen LogP) is 2.61.